The second kappa shape index (κ2) is 8.64. The van der Waals surface area contributed by atoms with Crippen LogP contribution in [0.1, 0.15) is 36.2 Å². The third-order valence-corrected chi connectivity index (χ3v) is 3.64. The SMILES string of the molecule is CCN(CC)C(=O)CCNCc1ccc(C(N)=O)cc1Cl. The minimum absolute atomic E-state index is 0.141. The first-order valence-corrected chi connectivity index (χ1v) is 7.44. The molecule has 0 heterocycles. The largest absolute Gasteiger partial charge is 0.366 e. The van der Waals surface area contributed by atoms with Gasteiger partial charge in [0.25, 0.3) is 0 Å². The summed E-state index contributed by atoms with van der Waals surface area (Å²) in [6.45, 7) is 6.53. The van der Waals surface area contributed by atoms with Gasteiger partial charge in [0.1, 0.15) is 0 Å². The van der Waals surface area contributed by atoms with Crippen LogP contribution in [0.4, 0.5) is 0 Å². The van der Waals surface area contributed by atoms with Crippen LogP contribution in [0.5, 0.6) is 0 Å². The van der Waals surface area contributed by atoms with Gasteiger partial charge in [-0.2, -0.15) is 0 Å². The van der Waals surface area contributed by atoms with Gasteiger partial charge in [-0.1, -0.05) is 17.7 Å². The minimum atomic E-state index is -0.499. The van der Waals surface area contributed by atoms with E-state index < -0.39 is 5.91 Å². The average Bonchev–Trinajstić information content (AvgIpc) is 2.46. The standard InChI is InChI=1S/C15H22ClN3O2/c1-3-19(4-2)14(20)7-8-18-10-12-6-5-11(15(17)21)9-13(12)16/h5-6,9,18H,3-4,7-8,10H2,1-2H3,(H2,17,21). The molecule has 6 heteroatoms. The van der Waals surface area contributed by atoms with Gasteiger partial charge in [-0.05, 0) is 31.5 Å². The van der Waals surface area contributed by atoms with Gasteiger partial charge in [0, 0.05) is 43.2 Å². The van der Waals surface area contributed by atoms with Crippen molar-refractivity contribution in [3.05, 3.63) is 34.3 Å². The molecule has 0 saturated carbocycles. The van der Waals surface area contributed by atoms with Crippen LogP contribution in [-0.4, -0.2) is 36.3 Å². The van der Waals surface area contributed by atoms with Crippen molar-refractivity contribution in [3.63, 3.8) is 0 Å². The number of hydrogen-bond donors (Lipinski definition) is 2. The number of nitrogens with one attached hydrogen (secondary N) is 1. The van der Waals surface area contributed by atoms with Gasteiger partial charge in [0.15, 0.2) is 0 Å². The zero-order valence-electron chi connectivity index (χ0n) is 12.5. The van der Waals surface area contributed by atoms with E-state index >= 15 is 0 Å². The summed E-state index contributed by atoms with van der Waals surface area (Å²) in [6, 6.07) is 4.97. The number of halogens is 1. The topological polar surface area (TPSA) is 75.4 Å². The number of benzene rings is 1. The lowest BCUT2D eigenvalue weighted by Crippen LogP contribution is -2.32. The molecule has 3 N–H and O–H groups in total. The normalized spacial score (nSPS) is 10.4. The van der Waals surface area contributed by atoms with E-state index in [1.165, 1.54) is 0 Å². The Morgan fingerprint density at radius 2 is 1.95 bits per heavy atom. The smallest absolute Gasteiger partial charge is 0.248 e. The van der Waals surface area contributed by atoms with Gasteiger partial charge in [-0.25, -0.2) is 0 Å². The molecular weight excluding hydrogens is 290 g/mol. The third-order valence-electron chi connectivity index (χ3n) is 3.28. The maximum Gasteiger partial charge on any atom is 0.248 e. The molecular formula is C15H22ClN3O2. The molecule has 0 atom stereocenters. The fourth-order valence-electron chi connectivity index (χ4n) is 2.00. The number of amides is 2. The molecule has 1 aromatic carbocycles. The summed E-state index contributed by atoms with van der Waals surface area (Å²) in [5, 5.41) is 3.67. The van der Waals surface area contributed by atoms with E-state index in [1.807, 2.05) is 13.8 Å². The number of nitrogens with two attached hydrogens (primary N) is 1. The maximum atomic E-state index is 11.8. The van der Waals surface area contributed by atoms with Crippen LogP contribution >= 0.6 is 11.6 Å². The molecule has 116 valence electrons. The molecule has 0 spiro atoms. The van der Waals surface area contributed by atoms with E-state index in [9.17, 15) is 9.59 Å². The van der Waals surface area contributed by atoms with E-state index in [0.717, 1.165) is 18.7 Å². The first-order chi connectivity index (χ1) is 9.99. The predicted molar refractivity (Wildman–Crippen MR) is 84.2 cm³/mol. The van der Waals surface area contributed by atoms with Crippen molar-refractivity contribution in [1.82, 2.24) is 10.2 Å². The highest BCUT2D eigenvalue weighted by molar-refractivity contribution is 6.31. The Kier molecular flexibility index (Phi) is 7.19. The van der Waals surface area contributed by atoms with Crippen LogP contribution in [0.2, 0.25) is 5.02 Å². The number of carbonyl (C=O) groups is 2. The summed E-state index contributed by atoms with van der Waals surface area (Å²) >= 11 is 6.09. The third kappa shape index (κ3) is 5.36. The zero-order chi connectivity index (χ0) is 15.8. The molecule has 0 bridgehead atoms. The molecule has 2 amide bonds. The number of carbonyl (C=O) groups excluding carboxylic acids is 2. The lowest BCUT2D eigenvalue weighted by molar-refractivity contribution is -0.130. The Morgan fingerprint density at radius 1 is 1.29 bits per heavy atom. The summed E-state index contributed by atoms with van der Waals surface area (Å²) in [6.07, 6.45) is 0.457. The van der Waals surface area contributed by atoms with Crippen molar-refractivity contribution < 1.29 is 9.59 Å². The van der Waals surface area contributed by atoms with Crippen molar-refractivity contribution in [1.29, 1.82) is 0 Å². The molecule has 0 aliphatic carbocycles. The van der Waals surface area contributed by atoms with E-state index in [2.05, 4.69) is 5.32 Å². The maximum absolute atomic E-state index is 11.8. The van der Waals surface area contributed by atoms with Gasteiger partial charge in [0.05, 0.1) is 0 Å². The van der Waals surface area contributed by atoms with E-state index in [0.29, 0.717) is 30.1 Å². The van der Waals surface area contributed by atoms with Gasteiger partial charge >= 0.3 is 0 Å². The molecule has 1 aromatic rings. The zero-order valence-corrected chi connectivity index (χ0v) is 13.2. The monoisotopic (exact) mass is 311 g/mol. The number of hydrogen-bond acceptors (Lipinski definition) is 3. The molecule has 0 aliphatic heterocycles. The van der Waals surface area contributed by atoms with Crippen LogP contribution in [0.15, 0.2) is 18.2 Å². The van der Waals surface area contributed by atoms with Gasteiger partial charge in [-0.15, -0.1) is 0 Å². The molecule has 0 aliphatic rings. The van der Waals surface area contributed by atoms with Gasteiger partial charge in [-0.3, -0.25) is 9.59 Å². The minimum Gasteiger partial charge on any atom is -0.366 e. The van der Waals surface area contributed by atoms with Crippen LogP contribution in [0.3, 0.4) is 0 Å². The van der Waals surface area contributed by atoms with Crippen molar-refractivity contribution >= 4 is 23.4 Å². The summed E-state index contributed by atoms with van der Waals surface area (Å²) in [4.78, 5) is 24.6. The highest BCUT2D eigenvalue weighted by Gasteiger charge is 2.09. The van der Waals surface area contributed by atoms with Crippen molar-refractivity contribution in [2.24, 2.45) is 5.73 Å². The molecule has 0 saturated heterocycles. The molecule has 0 radical (unpaired) electrons. The fraction of sp³-hybridized carbons (Fsp3) is 0.467. The second-order valence-corrected chi connectivity index (χ2v) is 5.07. The summed E-state index contributed by atoms with van der Waals surface area (Å²) < 4.78 is 0. The molecule has 1 rings (SSSR count). The highest BCUT2D eigenvalue weighted by atomic mass is 35.5. The van der Waals surface area contributed by atoms with Crippen LogP contribution in [0.25, 0.3) is 0 Å². The van der Waals surface area contributed by atoms with Crippen molar-refractivity contribution in [2.45, 2.75) is 26.8 Å². The fourth-order valence-corrected chi connectivity index (χ4v) is 2.24. The molecule has 5 nitrogen and oxygen atoms in total. The number of nitrogens with zero attached hydrogens (tertiary/aromatic N) is 1. The lowest BCUT2D eigenvalue weighted by atomic mass is 10.1. The summed E-state index contributed by atoms with van der Waals surface area (Å²) in [5.74, 6) is -0.357. The first-order valence-electron chi connectivity index (χ1n) is 7.06. The van der Waals surface area contributed by atoms with Gasteiger partial charge < -0.3 is 16.0 Å². The quantitative estimate of drug-likeness (QED) is 0.719. The lowest BCUT2D eigenvalue weighted by Gasteiger charge is -2.18. The first kappa shape index (κ1) is 17.5. The molecule has 21 heavy (non-hydrogen) atoms. The van der Waals surface area contributed by atoms with Crippen molar-refractivity contribution in [3.8, 4) is 0 Å². The van der Waals surface area contributed by atoms with Gasteiger partial charge in [0.2, 0.25) is 11.8 Å². The van der Waals surface area contributed by atoms with E-state index in [1.54, 1.807) is 23.1 Å². The predicted octanol–water partition coefficient (Wildman–Crippen LogP) is 1.79. The Labute approximate surface area is 130 Å². The van der Waals surface area contributed by atoms with E-state index in [4.69, 9.17) is 17.3 Å². The van der Waals surface area contributed by atoms with Crippen LogP contribution in [-0.2, 0) is 11.3 Å². The molecule has 0 fully saturated rings. The summed E-state index contributed by atoms with van der Waals surface area (Å²) in [5.41, 5.74) is 6.45. The second-order valence-electron chi connectivity index (χ2n) is 4.66. The Morgan fingerprint density at radius 3 is 2.48 bits per heavy atom. The van der Waals surface area contributed by atoms with Crippen LogP contribution in [0, 0.1) is 0 Å². The Hall–Kier alpha value is -1.59. The van der Waals surface area contributed by atoms with Crippen molar-refractivity contribution in [2.75, 3.05) is 19.6 Å². The van der Waals surface area contributed by atoms with Crippen LogP contribution < -0.4 is 11.1 Å². The Bertz CT molecular complexity index is 502. The summed E-state index contributed by atoms with van der Waals surface area (Å²) in [7, 11) is 0. The van der Waals surface area contributed by atoms with E-state index in [-0.39, 0.29) is 5.91 Å². The highest BCUT2D eigenvalue weighted by Crippen LogP contribution is 2.17. The number of primary amides is 1. The molecule has 0 unspecified atom stereocenters. The Balaban J connectivity index is 2.43. The number of rotatable bonds is 8. The average molecular weight is 312 g/mol. The molecule has 0 aromatic heterocycles.